The Balaban J connectivity index is 1.91. The number of methoxy groups -OCH3 is 1. The molecule has 2 rings (SSSR count). The van der Waals surface area contributed by atoms with Crippen LogP contribution in [0.5, 0.6) is 0 Å². The quantitative estimate of drug-likeness (QED) is 0.754. The molecule has 2 N–H and O–H groups in total. The molecule has 0 fully saturated rings. The van der Waals surface area contributed by atoms with Crippen LogP contribution in [-0.4, -0.2) is 25.5 Å². The zero-order chi connectivity index (χ0) is 16.7. The lowest BCUT2D eigenvalue weighted by Crippen LogP contribution is -2.18. The predicted molar refractivity (Wildman–Crippen MR) is 93.7 cm³/mol. The largest absolute Gasteiger partial charge is 0.465 e. The average molecular weight is 377 g/mol. The summed E-state index contributed by atoms with van der Waals surface area (Å²) in [7, 11) is 1.31. The predicted octanol–water partition coefficient (Wildman–Crippen LogP) is 3.68. The van der Waals surface area contributed by atoms with Gasteiger partial charge in [0, 0.05) is 23.1 Å². The molecule has 0 aromatic heterocycles. The highest BCUT2D eigenvalue weighted by atomic mass is 79.9. The van der Waals surface area contributed by atoms with Crippen molar-refractivity contribution in [2.75, 3.05) is 24.3 Å². The van der Waals surface area contributed by atoms with Gasteiger partial charge in [0.25, 0.3) is 0 Å². The average Bonchev–Trinajstić information content (AvgIpc) is 2.56. The van der Waals surface area contributed by atoms with E-state index in [-0.39, 0.29) is 12.3 Å². The van der Waals surface area contributed by atoms with E-state index >= 15 is 0 Å². The number of ether oxygens (including phenoxy) is 1. The molecule has 0 aliphatic rings. The van der Waals surface area contributed by atoms with Crippen molar-refractivity contribution in [3.05, 3.63) is 58.6 Å². The van der Waals surface area contributed by atoms with Gasteiger partial charge in [-0.3, -0.25) is 4.79 Å². The minimum absolute atomic E-state index is 0.180. The van der Waals surface area contributed by atoms with Crippen LogP contribution in [-0.2, 0) is 9.53 Å². The molecule has 0 atom stereocenters. The standard InChI is InChI=1S/C17H17BrN2O3/c1-23-17(22)12-6-2-4-8-14(12)20-16(21)10-11-19-15-9-5-3-7-13(15)18/h2-9,19H,10-11H2,1H3,(H,20,21). The van der Waals surface area contributed by atoms with E-state index < -0.39 is 5.97 Å². The topological polar surface area (TPSA) is 67.4 Å². The van der Waals surface area contributed by atoms with E-state index in [0.717, 1.165) is 10.2 Å². The smallest absolute Gasteiger partial charge is 0.339 e. The monoisotopic (exact) mass is 376 g/mol. The van der Waals surface area contributed by atoms with Crippen molar-refractivity contribution in [2.45, 2.75) is 6.42 Å². The maximum atomic E-state index is 12.0. The van der Waals surface area contributed by atoms with Crippen LogP contribution < -0.4 is 10.6 Å². The number of rotatable bonds is 6. The Morgan fingerprint density at radius 2 is 1.70 bits per heavy atom. The number of carbonyl (C=O) groups is 2. The lowest BCUT2D eigenvalue weighted by atomic mass is 10.1. The Kier molecular flexibility index (Phi) is 6.17. The molecule has 0 aliphatic carbocycles. The highest BCUT2D eigenvalue weighted by Gasteiger charge is 2.13. The van der Waals surface area contributed by atoms with Crippen molar-refractivity contribution in [1.29, 1.82) is 0 Å². The van der Waals surface area contributed by atoms with Gasteiger partial charge in [-0.05, 0) is 40.2 Å². The van der Waals surface area contributed by atoms with Crippen molar-refractivity contribution in [3.8, 4) is 0 Å². The van der Waals surface area contributed by atoms with Crippen LogP contribution in [0, 0.1) is 0 Å². The molecule has 2 aromatic carbocycles. The molecule has 120 valence electrons. The van der Waals surface area contributed by atoms with E-state index in [2.05, 4.69) is 26.6 Å². The number of halogens is 1. The highest BCUT2D eigenvalue weighted by Crippen LogP contribution is 2.21. The lowest BCUT2D eigenvalue weighted by Gasteiger charge is -2.11. The number of hydrogen-bond acceptors (Lipinski definition) is 4. The second kappa shape index (κ2) is 8.33. The van der Waals surface area contributed by atoms with E-state index in [1.165, 1.54) is 7.11 Å². The molecule has 6 heteroatoms. The summed E-state index contributed by atoms with van der Waals surface area (Å²) in [5, 5.41) is 5.91. The maximum Gasteiger partial charge on any atom is 0.339 e. The molecular weight excluding hydrogens is 360 g/mol. The summed E-state index contributed by atoms with van der Waals surface area (Å²) in [6.45, 7) is 0.481. The third kappa shape index (κ3) is 4.82. The summed E-state index contributed by atoms with van der Waals surface area (Å²) in [6.07, 6.45) is 0.275. The Bertz CT molecular complexity index is 704. The molecule has 0 heterocycles. The van der Waals surface area contributed by atoms with Gasteiger partial charge in [0.15, 0.2) is 0 Å². The van der Waals surface area contributed by atoms with Gasteiger partial charge in [-0.15, -0.1) is 0 Å². The molecule has 23 heavy (non-hydrogen) atoms. The Hall–Kier alpha value is -2.34. The van der Waals surface area contributed by atoms with Crippen molar-refractivity contribution in [2.24, 2.45) is 0 Å². The van der Waals surface area contributed by atoms with Crippen molar-refractivity contribution >= 4 is 39.2 Å². The van der Waals surface area contributed by atoms with Crippen LogP contribution in [0.4, 0.5) is 11.4 Å². The summed E-state index contributed by atoms with van der Waals surface area (Å²) in [5.41, 5.74) is 1.71. The lowest BCUT2D eigenvalue weighted by molar-refractivity contribution is -0.115. The van der Waals surface area contributed by atoms with Crippen LogP contribution in [0.3, 0.4) is 0 Å². The van der Waals surface area contributed by atoms with Gasteiger partial charge in [0.1, 0.15) is 0 Å². The fourth-order valence-electron chi connectivity index (χ4n) is 2.01. The van der Waals surface area contributed by atoms with E-state index in [1.807, 2.05) is 24.3 Å². The third-order valence-electron chi connectivity index (χ3n) is 3.15. The van der Waals surface area contributed by atoms with Crippen molar-refractivity contribution in [1.82, 2.24) is 0 Å². The van der Waals surface area contributed by atoms with Gasteiger partial charge in [-0.1, -0.05) is 24.3 Å². The van der Waals surface area contributed by atoms with Gasteiger partial charge in [0.2, 0.25) is 5.91 Å². The number of benzene rings is 2. The van der Waals surface area contributed by atoms with Crippen LogP contribution in [0.1, 0.15) is 16.8 Å². The zero-order valence-corrected chi connectivity index (χ0v) is 14.2. The van der Waals surface area contributed by atoms with Crippen molar-refractivity contribution in [3.63, 3.8) is 0 Å². The molecular formula is C17H17BrN2O3. The summed E-state index contributed by atoms with van der Waals surface area (Å²) in [4.78, 5) is 23.7. The van der Waals surface area contributed by atoms with Gasteiger partial charge in [-0.2, -0.15) is 0 Å². The molecule has 5 nitrogen and oxygen atoms in total. The SMILES string of the molecule is COC(=O)c1ccccc1NC(=O)CCNc1ccccc1Br. The van der Waals surface area contributed by atoms with Gasteiger partial charge >= 0.3 is 5.97 Å². The Morgan fingerprint density at radius 3 is 2.39 bits per heavy atom. The molecule has 0 aliphatic heterocycles. The normalized spacial score (nSPS) is 10.0. The molecule has 1 amide bonds. The summed E-state index contributed by atoms with van der Waals surface area (Å²) in [5.74, 6) is -0.659. The Labute approximate surface area is 143 Å². The van der Waals surface area contributed by atoms with Crippen LogP contribution >= 0.6 is 15.9 Å². The van der Waals surface area contributed by atoms with E-state index in [0.29, 0.717) is 17.8 Å². The number of hydrogen-bond donors (Lipinski definition) is 2. The van der Waals surface area contributed by atoms with Gasteiger partial charge in [-0.25, -0.2) is 4.79 Å². The fraction of sp³-hybridized carbons (Fsp3) is 0.176. The maximum absolute atomic E-state index is 12.0. The third-order valence-corrected chi connectivity index (χ3v) is 3.84. The summed E-state index contributed by atoms with van der Waals surface area (Å²) in [6, 6.07) is 14.4. The molecule has 0 spiro atoms. The number of para-hydroxylation sites is 2. The summed E-state index contributed by atoms with van der Waals surface area (Å²) < 4.78 is 5.64. The Morgan fingerprint density at radius 1 is 1.04 bits per heavy atom. The highest BCUT2D eigenvalue weighted by molar-refractivity contribution is 9.10. The zero-order valence-electron chi connectivity index (χ0n) is 12.6. The second-order valence-electron chi connectivity index (χ2n) is 4.74. The minimum Gasteiger partial charge on any atom is -0.465 e. The van der Waals surface area contributed by atoms with E-state index in [1.54, 1.807) is 24.3 Å². The molecule has 0 unspecified atom stereocenters. The van der Waals surface area contributed by atoms with Crippen LogP contribution in [0.15, 0.2) is 53.0 Å². The van der Waals surface area contributed by atoms with Crippen LogP contribution in [0.2, 0.25) is 0 Å². The molecule has 0 radical (unpaired) electrons. The number of anilines is 2. The van der Waals surface area contributed by atoms with E-state index in [4.69, 9.17) is 4.74 Å². The van der Waals surface area contributed by atoms with Crippen LogP contribution in [0.25, 0.3) is 0 Å². The van der Waals surface area contributed by atoms with E-state index in [9.17, 15) is 9.59 Å². The minimum atomic E-state index is -0.479. The first kappa shape index (κ1) is 17.0. The number of carbonyl (C=O) groups excluding carboxylic acids is 2. The summed E-state index contributed by atoms with van der Waals surface area (Å²) >= 11 is 3.44. The van der Waals surface area contributed by atoms with Gasteiger partial charge in [0.05, 0.1) is 18.4 Å². The number of esters is 1. The fourth-order valence-corrected chi connectivity index (χ4v) is 2.43. The second-order valence-corrected chi connectivity index (χ2v) is 5.60. The molecule has 0 saturated carbocycles. The first-order chi connectivity index (χ1) is 11.1. The molecule has 0 saturated heterocycles. The van der Waals surface area contributed by atoms with Crippen molar-refractivity contribution < 1.29 is 14.3 Å². The van der Waals surface area contributed by atoms with Gasteiger partial charge < -0.3 is 15.4 Å². The first-order valence-electron chi connectivity index (χ1n) is 7.07. The molecule has 2 aromatic rings. The first-order valence-corrected chi connectivity index (χ1v) is 7.86. The number of amides is 1. The number of nitrogens with one attached hydrogen (secondary N) is 2. The molecule has 0 bridgehead atoms.